The van der Waals surface area contributed by atoms with Gasteiger partial charge in [0.2, 0.25) is 0 Å². The Balaban J connectivity index is 0.963. The van der Waals surface area contributed by atoms with Crippen LogP contribution in [0.25, 0.3) is 104 Å². The van der Waals surface area contributed by atoms with Gasteiger partial charge in [0.25, 0.3) is 0 Å². The number of hydrogen-bond donors (Lipinski definition) is 0. The second-order valence-electron chi connectivity index (χ2n) is 19.4. The summed E-state index contributed by atoms with van der Waals surface area (Å²) in [5.41, 5.74) is 21.5. The minimum absolute atomic E-state index is 0.0150. The van der Waals surface area contributed by atoms with Crippen molar-refractivity contribution in [1.82, 2.24) is 0 Å². The van der Waals surface area contributed by atoms with E-state index in [2.05, 4.69) is 222 Å². The van der Waals surface area contributed by atoms with Gasteiger partial charge < -0.3 is 0 Å². The molecule has 0 saturated heterocycles. The molecule has 0 unspecified atom stereocenters. The number of fused-ring (bicyclic) bond motifs is 9. The number of benzene rings is 10. The third-order valence-corrected chi connectivity index (χ3v) is 15.4. The molecule has 3 aliphatic carbocycles. The van der Waals surface area contributed by atoms with Gasteiger partial charge in [0, 0.05) is 10.8 Å². The van der Waals surface area contributed by atoms with Crippen molar-refractivity contribution in [1.29, 1.82) is 0 Å². The highest BCUT2D eigenvalue weighted by atomic mass is 14.4. The van der Waals surface area contributed by atoms with Crippen LogP contribution in [-0.2, 0) is 10.8 Å². The van der Waals surface area contributed by atoms with Gasteiger partial charge in [-0.2, -0.15) is 0 Å². The van der Waals surface area contributed by atoms with Crippen molar-refractivity contribution in [2.75, 3.05) is 0 Å². The Bertz CT molecular complexity index is 3590. The minimum atomic E-state index is -0.211. The lowest BCUT2D eigenvalue weighted by Crippen LogP contribution is -2.17. The van der Waals surface area contributed by atoms with Gasteiger partial charge in [0.15, 0.2) is 0 Å². The van der Waals surface area contributed by atoms with Crippen LogP contribution >= 0.6 is 0 Å². The van der Waals surface area contributed by atoms with E-state index in [-0.39, 0.29) is 10.8 Å². The summed E-state index contributed by atoms with van der Waals surface area (Å²) in [6.45, 7) is 9.71. The first kappa shape index (κ1) is 37.3. The highest BCUT2D eigenvalue weighted by molar-refractivity contribution is 6.23. The van der Waals surface area contributed by atoms with E-state index >= 15 is 0 Å². The van der Waals surface area contributed by atoms with E-state index in [4.69, 9.17) is 0 Å². The Kier molecular flexibility index (Phi) is 7.93. The topological polar surface area (TPSA) is 0 Å². The molecule has 10 aromatic carbocycles. The van der Waals surface area contributed by atoms with Crippen molar-refractivity contribution in [3.63, 3.8) is 0 Å². The largest absolute Gasteiger partial charge is 0.0836 e. The smallest absolute Gasteiger partial charge is 0.0159 e. The van der Waals surface area contributed by atoms with Crippen molar-refractivity contribution >= 4 is 48.7 Å². The van der Waals surface area contributed by atoms with E-state index < -0.39 is 0 Å². The molecule has 0 fully saturated rings. The van der Waals surface area contributed by atoms with E-state index in [1.54, 1.807) is 5.57 Å². The first-order chi connectivity index (χ1) is 31.3. The van der Waals surface area contributed by atoms with Crippen LogP contribution < -0.4 is 0 Å². The van der Waals surface area contributed by atoms with Crippen molar-refractivity contribution in [3.8, 4) is 55.6 Å². The van der Waals surface area contributed by atoms with Gasteiger partial charge in [-0.3, -0.25) is 0 Å². The molecule has 0 radical (unpaired) electrons. The van der Waals surface area contributed by atoms with Crippen molar-refractivity contribution in [2.24, 2.45) is 0 Å². The van der Waals surface area contributed by atoms with Crippen molar-refractivity contribution < 1.29 is 0 Å². The van der Waals surface area contributed by atoms with Crippen LogP contribution in [0.1, 0.15) is 62.8 Å². The van der Waals surface area contributed by atoms with Crippen LogP contribution in [0, 0.1) is 0 Å². The second-order valence-corrected chi connectivity index (χ2v) is 19.4. The predicted molar refractivity (Wildman–Crippen MR) is 274 cm³/mol. The molecule has 13 rings (SSSR count). The van der Waals surface area contributed by atoms with Crippen molar-refractivity contribution in [3.05, 3.63) is 222 Å². The summed E-state index contributed by atoms with van der Waals surface area (Å²) in [4.78, 5) is 0. The highest BCUT2D eigenvalue weighted by Gasteiger charge is 2.39. The van der Waals surface area contributed by atoms with Gasteiger partial charge in [0.05, 0.1) is 0 Å². The van der Waals surface area contributed by atoms with Gasteiger partial charge >= 0.3 is 0 Å². The molecule has 0 heterocycles. The van der Waals surface area contributed by atoms with Gasteiger partial charge in [-0.1, -0.05) is 209 Å². The molecule has 3 aliphatic rings. The fraction of sp³-hybridized carbons (Fsp3) is 0.125. The molecular weight excluding hydrogens is 769 g/mol. The summed E-state index contributed by atoms with van der Waals surface area (Å²) >= 11 is 0. The summed E-state index contributed by atoms with van der Waals surface area (Å²) < 4.78 is 0. The van der Waals surface area contributed by atoms with Crippen LogP contribution in [0.3, 0.4) is 0 Å². The first-order valence-corrected chi connectivity index (χ1v) is 23.1. The van der Waals surface area contributed by atoms with E-state index in [0.717, 1.165) is 12.8 Å². The number of rotatable bonds is 4. The summed E-state index contributed by atoms with van der Waals surface area (Å²) in [7, 11) is 0. The molecule has 0 spiro atoms. The number of hydrogen-bond acceptors (Lipinski definition) is 0. The summed E-state index contributed by atoms with van der Waals surface area (Å²) in [5.74, 6) is 0. The molecule has 64 heavy (non-hydrogen) atoms. The fourth-order valence-corrected chi connectivity index (χ4v) is 12.3. The lowest BCUT2D eigenvalue weighted by atomic mass is 9.77. The maximum atomic E-state index is 2.52. The summed E-state index contributed by atoms with van der Waals surface area (Å²) in [6.07, 6.45) is 6.99. The Labute approximate surface area is 375 Å². The Morgan fingerprint density at radius 3 is 1.08 bits per heavy atom. The van der Waals surface area contributed by atoms with Gasteiger partial charge in [0.1, 0.15) is 0 Å². The monoisotopic (exact) mass is 816 g/mol. The first-order valence-electron chi connectivity index (χ1n) is 23.1. The molecule has 0 bridgehead atoms. The third kappa shape index (κ3) is 5.17. The maximum Gasteiger partial charge on any atom is 0.0159 e. The lowest BCUT2D eigenvalue weighted by molar-refractivity contribution is 0.607. The SMILES string of the molecule is CC1(C)C2=C(C=CCC2)c2ccc(-c3c4ccccc4c(-c4ccc5c(c4)C(C)(C)c4cc(-c6c7ccccc7c(-c7ccccc7)c7ccccc67)ccc4-5)c4ccccc34)cc21. The molecule has 0 aromatic heterocycles. The van der Waals surface area contributed by atoms with Gasteiger partial charge in [-0.05, 0) is 158 Å². The molecule has 0 N–H and O–H groups in total. The molecule has 10 aromatic rings. The predicted octanol–water partition coefficient (Wildman–Crippen LogP) is 17.7. The van der Waals surface area contributed by atoms with Gasteiger partial charge in [-0.15, -0.1) is 0 Å². The normalized spacial score (nSPS) is 15.5. The standard InChI is InChI=1S/C64H48/c1-63(2)55-29-17-16-20-43(55)44-33-30-40(36-56(44)63)61-51-25-12-14-27-53(51)62(54-28-15-13-26-52(54)61)42-32-35-46-45-34-31-41(37-57(45)64(3,4)58(46)38-42)60-49-23-10-8-21-47(49)59(39-18-6-5-7-19-39)48-22-9-11-24-50(48)60/h5-16,18-28,30-38H,17,29H2,1-4H3. The molecule has 0 atom stereocenters. The Morgan fingerprint density at radius 2 is 0.672 bits per heavy atom. The molecule has 0 saturated carbocycles. The van der Waals surface area contributed by atoms with Crippen LogP contribution in [0.15, 0.2) is 200 Å². The van der Waals surface area contributed by atoms with E-state index in [0.29, 0.717) is 0 Å². The van der Waals surface area contributed by atoms with Crippen LogP contribution in [0.4, 0.5) is 0 Å². The molecular formula is C64H48. The van der Waals surface area contributed by atoms with Crippen LogP contribution in [0.5, 0.6) is 0 Å². The zero-order valence-electron chi connectivity index (χ0n) is 36.9. The third-order valence-electron chi connectivity index (χ3n) is 15.4. The van der Waals surface area contributed by atoms with Crippen molar-refractivity contribution in [2.45, 2.75) is 51.4 Å². The Morgan fingerprint density at radius 1 is 0.328 bits per heavy atom. The summed E-state index contributed by atoms with van der Waals surface area (Å²) in [6, 6.07) is 69.0. The Hall–Kier alpha value is -7.28. The molecule has 0 nitrogen and oxygen atoms in total. The lowest BCUT2D eigenvalue weighted by Gasteiger charge is -2.26. The average Bonchev–Trinajstić information content (AvgIpc) is 3.70. The maximum absolute atomic E-state index is 2.52. The minimum Gasteiger partial charge on any atom is -0.0836 e. The zero-order chi connectivity index (χ0) is 42.9. The molecule has 0 aliphatic heterocycles. The quantitative estimate of drug-likeness (QED) is 0.155. The van der Waals surface area contributed by atoms with Gasteiger partial charge in [-0.25, -0.2) is 0 Å². The van der Waals surface area contributed by atoms with Crippen LogP contribution in [0.2, 0.25) is 0 Å². The second kappa shape index (κ2) is 13.6. The van der Waals surface area contributed by atoms with E-state index in [9.17, 15) is 0 Å². The van der Waals surface area contributed by atoms with Crippen LogP contribution in [-0.4, -0.2) is 0 Å². The highest BCUT2D eigenvalue weighted by Crippen LogP contribution is 2.55. The van der Waals surface area contributed by atoms with E-state index in [1.165, 1.54) is 127 Å². The number of allylic oxidation sites excluding steroid dienone is 4. The summed E-state index contributed by atoms with van der Waals surface area (Å²) in [5, 5.41) is 10.3. The molecule has 304 valence electrons. The fourth-order valence-electron chi connectivity index (χ4n) is 12.3. The zero-order valence-corrected chi connectivity index (χ0v) is 36.9. The molecule has 0 heteroatoms. The average molecular weight is 817 g/mol. The van der Waals surface area contributed by atoms with E-state index in [1.807, 2.05) is 0 Å². The molecule has 0 amide bonds.